The van der Waals surface area contributed by atoms with Gasteiger partial charge >= 0.3 is 0 Å². The first kappa shape index (κ1) is 16.8. The Labute approximate surface area is 152 Å². The summed E-state index contributed by atoms with van der Waals surface area (Å²) in [5.41, 5.74) is 3.22. The monoisotopic (exact) mass is 351 g/mol. The average molecular weight is 351 g/mol. The zero-order valence-electron chi connectivity index (χ0n) is 14.7. The fourth-order valence-electron chi connectivity index (χ4n) is 3.77. The van der Waals surface area contributed by atoms with Crippen molar-refractivity contribution in [1.82, 2.24) is 4.98 Å². The van der Waals surface area contributed by atoms with Gasteiger partial charge in [-0.1, -0.05) is 12.1 Å². The third-order valence-electron chi connectivity index (χ3n) is 5.16. The highest BCUT2D eigenvalue weighted by molar-refractivity contribution is 5.72. The van der Waals surface area contributed by atoms with Gasteiger partial charge in [-0.2, -0.15) is 5.26 Å². The van der Waals surface area contributed by atoms with E-state index < -0.39 is 0 Å². The second kappa shape index (κ2) is 6.60. The molecule has 1 N–H and O–H groups in total. The summed E-state index contributed by atoms with van der Waals surface area (Å²) in [5.74, 6) is -0.374. The van der Waals surface area contributed by atoms with Crippen molar-refractivity contribution >= 4 is 5.69 Å². The summed E-state index contributed by atoms with van der Waals surface area (Å²) in [4.78, 5) is 17.0. The van der Waals surface area contributed by atoms with Crippen LogP contribution in [0.2, 0.25) is 0 Å². The van der Waals surface area contributed by atoms with Crippen molar-refractivity contribution < 1.29 is 9.47 Å². The number of aromatic nitrogens is 1. The van der Waals surface area contributed by atoms with Crippen molar-refractivity contribution in [3.8, 4) is 17.2 Å². The zero-order chi connectivity index (χ0) is 18.1. The molecule has 1 aromatic carbocycles. The first-order chi connectivity index (χ1) is 12.6. The molecule has 6 heteroatoms. The molecule has 134 valence electrons. The molecule has 2 aliphatic heterocycles. The molecule has 2 aromatic rings. The molecule has 1 spiro atoms. The van der Waals surface area contributed by atoms with Crippen molar-refractivity contribution in [2.24, 2.45) is 0 Å². The maximum atomic E-state index is 12.0. The Hall–Kier alpha value is -2.62. The number of ether oxygens (including phenoxy) is 2. The fraction of sp³-hybridized carbons (Fsp3) is 0.400. The molecular formula is C20H21N3O3. The van der Waals surface area contributed by atoms with Gasteiger partial charge in [0.25, 0.3) is 5.56 Å². The summed E-state index contributed by atoms with van der Waals surface area (Å²) >= 11 is 0. The number of rotatable bonds is 2. The van der Waals surface area contributed by atoms with E-state index >= 15 is 0 Å². The van der Waals surface area contributed by atoms with Gasteiger partial charge in [-0.05, 0) is 30.7 Å². The van der Waals surface area contributed by atoms with Crippen LogP contribution in [0, 0.1) is 18.3 Å². The highest BCUT2D eigenvalue weighted by atomic mass is 16.7. The minimum absolute atomic E-state index is 0.152. The highest BCUT2D eigenvalue weighted by Crippen LogP contribution is 2.34. The summed E-state index contributed by atoms with van der Waals surface area (Å²) in [6.45, 7) is 4.95. The number of aromatic amines is 1. The van der Waals surface area contributed by atoms with Crippen LogP contribution < -0.4 is 10.5 Å². The van der Waals surface area contributed by atoms with Crippen molar-refractivity contribution in [3.05, 3.63) is 51.9 Å². The molecule has 0 amide bonds. The summed E-state index contributed by atoms with van der Waals surface area (Å²) in [7, 11) is 0. The molecule has 0 unspecified atom stereocenters. The van der Waals surface area contributed by atoms with Gasteiger partial charge in [0.15, 0.2) is 5.79 Å². The maximum Gasteiger partial charge on any atom is 0.266 e. The Balaban J connectivity index is 1.55. The number of H-pyrrole nitrogens is 1. The van der Waals surface area contributed by atoms with Crippen LogP contribution in [-0.2, 0) is 9.47 Å². The topological polar surface area (TPSA) is 78.3 Å². The van der Waals surface area contributed by atoms with Crippen LogP contribution in [0.3, 0.4) is 0 Å². The summed E-state index contributed by atoms with van der Waals surface area (Å²) < 4.78 is 11.6. The molecule has 0 radical (unpaired) electrons. The lowest BCUT2D eigenvalue weighted by molar-refractivity contribution is -0.169. The molecule has 4 rings (SSSR count). The molecule has 0 atom stereocenters. The molecule has 1 aromatic heterocycles. The number of hydrogen-bond donors (Lipinski definition) is 1. The van der Waals surface area contributed by atoms with Crippen LogP contribution in [0.1, 0.15) is 24.1 Å². The van der Waals surface area contributed by atoms with Gasteiger partial charge in [0, 0.05) is 42.9 Å². The molecule has 0 aliphatic carbocycles. The Morgan fingerprint density at radius 1 is 1.15 bits per heavy atom. The quantitative estimate of drug-likeness (QED) is 0.900. The van der Waals surface area contributed by atoms with E-state index in [4.69, 9.17) is 9.47 Å². The molecule has 26 heavy (non-hydrogen) atoms. The molecule has 2 fully saturated rings. The normalized spacial score (nSPS) is 18.8. The van der Waals surface area contributed by atoms with E-state index in [1.54, 1.807) is 0 Å². The minimum Gasteiger partial charge on any atom is -0.371 e. The number of piperidine rings is 1. The minimum atomic E-state index is -0.374. The van der Waals surface area contributed by atoms with Gasteiger partial charge in [0.2, 0.25) is 0 Å². The van der Waals surface area contributed by atoms with Crippen molar-refractivity contribution in [2.45, 2.75) is 25.6 Å². The number of nitrogens with one attached hydrogen (secondary N) is 1. The summed E-state index contributed by atoms with van der Waals surface area (Å²) in [6, 6.07) is 11.9. The molecule has 3 heterocycles. The number of pyridine rings is 1. The van der Waals surface area contributed by atoms with E-state index in [1.807, 2.05) is 43.3 Å². The first-order valence-corrected chi connectivity index (χ1v) is 8.88. The van der Waals surface area contributed by atoms with Crippen LogP contribution in [0.15, 0.2) is 35.1 Å². The van der Waals surface area contributed by atoms with Crippen LogP contribution in [0.4, 0.5) is 5.69 Å². The van der Waals surface area contributed by atoms with E-state index in [2.05, 4.69) is 9.88 Å². The van der Waals surface area contributed by atoms with Crippen molar-refractivity contribution in [3.63, 3.8) is 0 Å². The predicted octanol–water partition coefficient (Wildman–Crippen LogP) is 2.57. The van der Waals surface area contributed by atoms with Crippen molar-refractivity contribution in [1.29, 1.82) is 5.26 Å². The number of nitriles is 1. The maximum absolute atomic E-state index is 12.0. The number of anilines is 1. The molecule has 2 aliphatic rings. The van der Waals surface area contributed by atoms with E-state index in [1.165, 1.54) is 0 Å². The van der Waals surface area contributed by atoms with E-state index in [0.29, 0.717) is 18.8 Å². The largest absolute Gasteiger partial charge is 0.371 e. The number of nitrogens with zero attached hydrogens (tertiary/aromatic N) is 2. The molecular weight excluding hydrogens is 330 g/mol. The Morgan fingerprint density at radius 2 is 1.81 bits per heavy atom. The summed E-state index contributed by atoms with van der Waals surface area (Å²) in [5, 5.41) is 9.31. The Morgan fingerprint density at radius 3 is 2.42 bits per heavy atom. The van der Waals surface area contributed by atoms with E-state index in [0.717, 1.165) is 42.9 Å². The standard InChI is InChI=1S/C20H21N3O3/c1-14-12-17(18(13-21)19(24)22-14)15-2-4-16(5-3-15)23-8-6-20(7-9-23)25-10-11-26-20/h2-5,12H,6-11H2,1H3,(H,22,24). The third-order valence-corrected chi connectivity index (χ3v) is 5.16. The SMILES string of the molecule is Cc1cc(-c2ccc(N3CCC4(CC3)OCCO4)cc2)c(C#N)c(=O)[nH]1. The zero-order valence-corrected chi connectivity index (χ0v) is 14.7. The molecule has 0 saturated carbocycles. The lowest BCUT2D eigenvalue weighted by Crippen LogP contribution is -2.45. The fourth-order valence-corrected chi connectivity index (χ4v) is 3.77. The lowest BCUT2D eigenvalue weighted by atomic mass is 9.99. The second-order valence-corrected chi connectivity index (χ2v) is 6.82. The summed E-state index contributed by atoms with van der Waals surface area (Å²) in [6.07, 6.45) is 1.72. The first-order valence-electron chi connectivity index (χ1n) is 8.88. The Bertz CT molecular complexity index is 895. The van der Waals surface area contributed by atoms with Crippen LogP contribution in [0.25, 0.3) is 11.1 Å². The van der Waals surface area contributed by atoms with Gasteiger partial charge in [-0.3, -0.25) is 4.79 Å². The smallest absolute Gasteiger partial charge is 0.266 e. The highest BCUT2D eigenvalue weighted by Gasteiger charge is 2.39. The number of aryl methyl sites for hydroxylation is 1. The van der Waals surface area contributed by atoms with Crippen molar-refractivity contribution in [2.75, 3.05) is 31.2 Å². The Kier molecular flexibility index (Phi) is 4.27. The third kappa shape index (κ3) is 3.00. The van der Waals surface area contributed by atoms with E-state index in [9.17, 15) is 10.1 Å². The second-order valence-electron chi connectivity index (χ2n) is 6.82. The van der Waals surface area contributed by atoms with Gasteiger partial charge in [-0.25, -0.2) is 0 Å². The predicted molar refractivity (Wildman–Crippen MR) is 98.0 cm³/mol. The van der Waals surface area contributed by atoms with Crippen LogP contribution in [-0.4, -0.2) is 37.1 Å². The van der Waals surface area contributed by atoms with Crippen LogP contribution >= 0.6 is 0 Å². The molecule has 6 nitrogen and oxygen atoms in total. The molecule has 0 bridgehead atoms. The lowest BCUT2D eigenvalue weighted by Gasteiger charge is -2.38. The number of benzene rings is 1. The van der Waals surface area contributed by atoms with Crippen LogP contribution in [0.5, 0.6) is 0 Å². The van der Waals surface area contributed by atoms with Gasteiger partial charge in [-0.15, -0.1) is 0 Å². The van der Waals surface area contributed by atoms with Gasteiger partial charge in [0.1, 0.15) is 11.6 Å². The van der Waals surface area contributed by atoms with Gasteiger partial charge in [0.05, 0.1) is 13.2 Å². The van der Waals surface area contributed by atoms with Gasteiger partial charge < -0.3 is 19.4 Å². The number of hydrogen-bond acceptors (Lipinski definition) is 5. The molecule has 2 saturated heterocycles. The average Bonchev–Trinajstić information content (AvgIpc) is 3.10. The van der Waals surface area contributed by atoms with E-state index in [-0.39, 0.29) is 16.9 Å².